The van der Waals surface area contributed by atoms with Crippen molar-refractivity contribution in [1.82, 2.24) is 24.9 Å². The van der Waals surface area contributed by atoms with Crippen LogP contribution in [-0.2, 0) is 11.8 Å². The lowest BCUT2D eigenvalue weighted by Crippen LogP contribution is -2.48. The van der Waals surface area contributed by atoms with Gasteiger partial charge in [-0.2, -0.15) is 18.3 Å². The second-order valence-corrected chi connectivity index (χ2v) is 6.34. The Morgan fingerprint density at radius 2 is 2.27 bits per heavy atom. The van der Waals surface area contributed by atoms with Gasteiger partial charge in [0.2, 0.25) is 0 Å². The molecule has 1 fully saturated rings. The van der Waals surface area contributed by atoms with Crippen LogP contribution in [0, 0.1) is 0 Å². The van der Waals surface area contributed by atoms with Crippen molar-refractivity contribution in [3.8, 4) is 0 Å². The Labute approximate surface area is 151 Å². The number of nitrogens with one attached hydrogen (secondary N) is 1. The summed E-state index contributed by atoms with van der Waals surface area (Å²) in [6, 6.07) is 0. The predicted octanol–water partition coefficient (Wildman–Crippen LogP) is 1.25. The number of morpholine rings is 1. The largest absolute Gasteiger partial charge is 0.401 e. The van der Waals surface area contributed by atoms with Gasteiger partial charge in [0.25, 0.3) is 0 Å². The lowest BCUT2D eigenvalue weighted by atomic mass is 10.1. The molecule has 2 heterocycles. The molecular formula is C16H27F3N6O. The fraction of sp³-hybridized carbons (Fsp3) is 0.750. The van der Waals surface area contributed by atoms with E-state index in [4.69, 9.17) is 4.74 Å². The summed E-state index contributed by atoms with van der Waals surface area (Å²) in [5.41, 5.74) is 0.998. The van der Waals surface area contributed by atoms with Crippen LogP contribution in [0.25, 0.3) is 0 Å². The molecule has 2 rings (SSSR count). The number of hydrogen-bond donors (Lipinski definition) is 1. The number of hydrogen-bond acceptors (Lipinski definition) is 4. The lowest BCUT2D eigenvalue weighted by molar-refractivity contribution is -0.142. The molecule has 1 aromatic heterocycles. The molecule has 0 bridgehead atoms. The van der Waals surface area contributed by atoms with Crippen LogP contribution in [0.1, 0.15) is 18.6 Å². The van der Waals surface area contributed by atoms with Crippen molar-refractivity contribution in [2.75, 3.05) is 52.9 Å². The zero-order valence-corrected chi connectivity index (χ0v) is 15.5. The first-order valence-electron chi connectivity index (χ1n) is 8.67. The normalized spacial score (nSPS) is 19.3. The third-order valence-electron chi connectivity index (χ3n) is 3.99. The van der Waals surface area contributed by atoms with Crippen molar-refractivity contribution in [2.24, 2.45) is 12.0 Å². The number of guanidine groups is 1. The predicted molar refractivity (Wildman–Crippen MR) is 93.0 cm³/mol. The first-order chi connectivity index (χ1) is 12.3. The number of aliphatic imine (C=N–C) groups is 1. The number of ether oxygens (including phenoxy) is 1. The van der Waals surface area contributed by atoms with E-state index >= 15 is 0 Å². The maximum absolute atomic E-state index is 12.4. The van der Waals surface area contributed by atoms with Gasteiger partial charge in [-0.25, -0.2) is 0 Å². The number of rotatable bonds is 6. The number of nitrogens with zero attached hydrogens (tertiary/aromatic N) is 5. The van der Waals surface area contributed by atoms with Crippen molar-refractivity contribution in [3.63, 3.8) is 0 Å². The van der Waals surface area contributed by atoms with Crippen LogP contribution in [0.4, 0.5) is 13.2 Å². The summed E-state index contributed by atoms with van der Waals surface area (Å²) in [5.74, 6) is 0.699. The van der Waals surface area contributed by atoms with Crippen LogP contribution >= 0.6 is 0 Å². The van der Waals surface area contributed by atoms with Gasteiger partial charge in [0.05, 0.1) is 32.4 Å². The second kappa shape index (κ2) is 9.22. The number of likely N-dealkylation sites (N-methyl/N-ethyl adjacent to an activating group) is 1. The molecule has 0 aliphatic carbocycles. The summed E-state index contributed by atoms with van der Waals surface area (Å²) in [6.07, 6.45) is -0.590. The van der Waals surface area contributed by atoms with E-state index in [1.165, 1.54) is 11.9 Å². The van der Waals surface area contributed by atoms with Crippen LogP contribution in [0.5, 0.6) is 0 Å². The summed E-state index contributed by atoms with van der Waals surface area (Å²) in [5, 5.41) is 7.38. The van der Waals surface area contributed by atoms with Gasteiger partial charge >= 0.3 is 6.18 Å². The van der Waals surface area contributed by atoms with E-state index in [2.05, 4.69) is 20.3 Å². The van der Waals surface area contributed by atoms with Gasteiger partial charge in [-0.05, 0) is 14.0 Å². The van der Waals surface area contributed by atoms with Crippen molar-refractivity contribution in [1.29, 1.82) is 0 Å². The fourth-order valence-corrected chi connectivity index (χ4v) is 2.79. The Balaban J connectivity index is 1.94. The van der Waals surface area contributed by atoms with Crippen molar-refractivity contribution in [3.05, 3.63) is 18.0 Å². The third-order valence-corrected chi connectivity index (χ3v) is 3.99. The number of halogens is 3. The molecule has 0 aromatic carbocycles. The van der Waals surface area contributed by atoms with Gasteiger partial charge in [-0.15, -0.1) is 0 Å². The minimum Gasteiger partial charge on any atom is -0.370 e. The highest BCUT2D eigenvalue weighted by Crippen LogP contribution is 2.21. The van der Waals surface area contributed by atoms with Gasteiger partial charge in [-0.1, -0.05) is 0 Å². The average molecular weight is 376 g/mol. The molecule has 148 valence electrons. The van der Waals surface area contributed by atoms with E-state index in [0.29, 0.717) is 38.7 Å². The summed E-state index contributed by atoms with van der Waals surface area (Å²) in [6.45, 7) is 4.11. The molecule has 0 spiro atoms. The third kappa shape index (κ3) is 6.49. The van der Waals surface area contributed by atoms with Gasteiger partial charge in [0.1, 0.15) is 6.10 Å². The highest BCUT2D eigenvalue weighted by molar-refractivity contribution is 5.80. The van der Waals surface area contributed by atoms with E-state index in [1.54, 1.807) is 10.9 Å². The molecule has 10 heteroatoms. The Bertz CT molecular complexity index is 589. The molecule has 0 saturated carbocycles. The van der Waals surface area contributed by atoms with Crippen molar-refractivity contribution >= 4 is 5.96 Å². The van der Waals surface area contributed by atoms with Gasteiger partial charge in [-0.3, -0.25) is 14.6 Å². The van der Waals surface area contributed by atoms with Crippen LogP contribution < -0.4 is 5.32 Å². The van der Waals surface area contributed by atoms with E-state index in [1.807, 2.05) is 20.2 Å². The van der Waals surface area contributed by atoms with Crippen LogP contribution in [-0.4, -0.2) is 84.6 Å². The Hall–Kier alpha value is -1.81. The zero-order valence-electron chi connectivity index (χ0n) is 15.5. The molecule has 1 aromatic rings. The highest BCUT2D eigenvalue weighted by atomic mass is 19.4. The fourth-order valence-electron chi connectivity index (χ4n) is 2.79. The van der Waals surface area contributed by atoms with Crippen LogP contribution in [0.3, 0.4) is 0 Å². The van der Waals surface area contributed by atoms with Crippen LogP contribution in [0.2, 0.25) is 0 Å². The Kier molecular flexibility index (Phi) is 7.27. The van der Waals surface area contributed by atoms with Gasteiger partial charge in [0, 0.05) is 38.4 Å². The first kappa shape index (κ1) is 20.5. The molecule has 1 unspecified atom stereocenters. The summed E-state index contributed by atoms with van der Waals surface area (Å²) in [7, 11) is 3.30. The van der Waals surface area contributed by atoms with Crippen molar-refractivity contribution < 1.29 is 17.9 Å². The Morgan fingerprint density at radius 3 is 2.88 bits per heavy atom. The first-order valence-corrected chi connectivity index (χ1v) is 8.67. The molecule has 1 aliphatic heterocycles. The summed E-state index contributed by atoms with van der Waals surface area (Å²) >= 11 is 0. The Morgan fingerprint density at radius 1 is 1.50 bits per heavy atom. The average Bonchev–Trinajstić information content (AvgIpc) is 2.99. The standard InChI is InChI=1S/C16H27F3N6O/c1-4-20-15(21-5-6-23(2)12-16(17,18)19)25-7-8-26-14(11-25)13-9-22-24(3)10-13/h9-10,14H,4-8,11-12H2,1-3H3,(H,20,21). The molecular weight excluding hydrogens is 349 g/mol. The monoisotopic (exact) mass is 376 g/mol. The topological polar surface area (TPSA) is 57.9 Å². The maximum Gasteiger partial charge on any atom is 0.401 e. The molecule has 0 radical (unpaired) electrons. The summed E-state index contributed by atoms with van der Waals surface area (Å²) < 4.78 is 44.7. The van der Waals surface area contributed by atoms with Gasteiger partial charge in [0.15, 0.2) is 5.96 Å². The van der Waals surface area contributed by atoms with E-state index in [9.17, 15) is 13.2 Å². The number of aromatic nitrogens is 2. The smallest absolute Gasteiger partial charge is 0.370 e. The molecule has 7 nitrogen and oxygen atoms in total. The van der Waals surface area contributed by atoms with E-state index in [-0.39, 0.29) is 12.6 Å². The van der Waals surface area contributed by atoms with E-state index in [0.717, 1.165) is 5.56 Å². The molecule has 1 saturated heterocycles. The lowest BCUT2D eigenvalue weighted by Gasteiger charge is -2.35. The molecule has 0 amide bonds. The maximum atomic E-state index is 12.4. The second-order valence-electron chi connectivity index (χ2n) is 6.34. The van der Waals surface area contributed by atoms with Crippen molar-refractivity contribution in [2.45, 2.75) is 19.2 Å². The molecule has 1 atom stereocenters. The SMILES string of the molecule is CCNC(=NCCN(C)CC(F)(F)F)N1CCOC(c2cnn(C)c2)C1. The zero-order chi connectivity index (χ0) is 19.2. The molecule has 26 heavy (non-hydrogen) atoms. The minimum absolute atomic E-state index is 0.103. The molecule has 1 aliphatic rings. The quantitative estimate of drug-likeness (QED) is 0.598. The van der Waals surface area contributed by atoms with Gasteiger partial charge < -0.3 is 15.0 Å². The number of aryl methyl sites for hydroxylation is 1. The van der Waals surface area contributed by atoms with Crippen LogP contribution in [0.15, 0.2) is 17.4 Å². The summed E-state index contributed by atoms with van der Waals surface area (Å²) in [4.78, 5) is 7.79. The van der Waals surface area contributed by atoms with E-state index < -0.39 is 12.7 Å². The highest BCUT2D eigenvalue weighted by Gasteiger charge is 2.29. The molecule has 1 N–H and O–H groups in total. The number of alkyl halides is 3. The minimum atomic E-state index is -4.19.